The van der Waals surface area contributed by atoms with Crippen LogP contribution < -0.4 is 0 Å². The predicted octanol–water partition coefficient (Wildman–Crippen LogP) is 3.07. The lowest BCUT2D eigenvalue weighted by molar-refractivity contribution is 0.0512. The van der Waals surface area contributed by atoms with Crippen LogP contribution in [0.4, 0.5) is 0 Å². The fourth-order valence-electron chi connectivity index (χ4n) is 1.57. The second kappa shape index (κ2) is 5.71. The van der Waals surface area contributed by atoms with Crippen molar-refractivity contribution in [2.45, 2.75) is 6.92 Å². The summed E-state index contributed by atoms with van der Waals surface area (Å²) in [6.07, 6.45) is 0. The van der Waals surface area contributed by atoms with Crippen molar-refractivity contribution in [2.24, 2.45) is 7.05 Å². The number of esters is 1. The van der Waals surface area contributed by atoms with Crippen LogP contribution in [0.2, 0.25) is 5.02 Å². The zero-order valence-corrected chi connectivity index (χ0v) is 12.7. The lowest BCUT2D eigenvalue weighted by atomic mass is 10.2. The third-order valence-electron chi connectivity index (χ3n) is 2.39. The molecular weight excluding hydrogens is 334 g/mol. The van der Waals surface area contributed by atoms with Gasteiger partial charge < -0.3 is 4.74 Å². The molecule has 5 nitrogen and oxygen atoms in total. The van der Waals surface area contributed by atoms with E-state index in [1.165, 1.54) is 4.68 Å². The van der Waals surface area contributed by atoms with Gasteiger partial charge >= 0.3 is 5.97 Å². The lowest BCUT2D eigenvalue weighted by Gasteiger charge is -2.03. The van der Waals surface area contributed by atoms with Crippen LogP contribution in [0.5, 0.6) is 0 Å². The van der Waals surface area contributed by atoms with Crippen LogP contribution in [0.15, 0.2) is 22.7 Å². The molecule has 0 atom stereocenters. The first-order valence-corrected chi connectivity index (χ1v) is 6.73. The Morgan fingerprint density at radius 3 is 2.95 bits per heavy atom. The fraction of sp³-hybridized carbons (Fsp3) is 0.250. The van der Waals surface area contributed by atoms with E-state index in [4.69, 9.17) is 16.3 Å². The molecule has 0 aliphatic carbocycles. The quantitative estimate of drug-likeness (QED) is 0.803. The molecule has 0 bridgehead atoms. The van der Waals surface area contributed by atoms with Gasteiger partial charge in [-0.3, -0.25) is 0 Å². The number of halogens is 2. The van der Waals surface area contributed by atoms with Crippen molar-refractivity contribution in [1.29, 1.82) is 0 Å². The number of hydrogen-bond acceptors (Lipinski definition) is 4. The van der Waals surface area contributed by atoms with E-state index < -0.39 is 5.97 Å². The van der Waals surface area contributed by atoms with Gasteiger partial charge in [-0.1, -0.05) is 27.5 Å². The number of nitrogens with zero attached hydrogens (tertiary/aromatic N) is 3. The molecule has 0 aliphatic rings. The minimum Gasteiger partial charge on any atom is -0.460 e. The molecule has 0 N–H and O–H groups in total. The van der Waals surface area contributed by atoms with E-state index in [9.17, 15) is 4.79 Å². The van der Waals surface area contributed by atoms with Crippen LogP contribution in [0.3, 0.4) is 0 Å². The lowest BCUT2D eigenvalue weighted by Crippen LogP contribution is -2.07. The van der Waals surface area contributed by atoms with Crippen LogP contribution in [0.25, 0.3) is 11.4 Å². The van der Waals surface area contributed by atoms with Gasteiger partial charge in [0.2, 0.25) is 0 Å². The third kappa shape index (κ3) is 2.96. The Morgan fingerprint density at radius 1 is 1.53 bits per heavy atom. The maximum atomic E-state index is 11.6. The summed E-state index contributed by atoms with van der Waals surface area (Å²) in [6.45, 7) is 2.02. The zero-order valence-electron chi connectivity index (χ0n) is 10.4. The predicted molar refractivity (Wildman–Crippen MR) is 75.1 cm³/mol. The van der Waals surface area contributed by atoms with Crippen LogP contribution in [0, 0.1) is 0 Å². The summed E-state index contributed by atoms with van der Waals surface area (Å²) in [4.78, 5) is 15.8. The highest BCUT2D eigenvalue weighted by atomic mass is 79.9. The molecule has 1 aromatic heterocycles. The summed E-state index contributed by atoms with van der Waals surface area (Å²) >= 11 is 9.39. The highest BCUT2D eigenvalue weighted by molar-refractivity contribution is 9.10. The van der Waals surface area contributed by atoms with Gasteiger partial charge in [-0.2, -0.15) is 0 Å². The standard InChI is InChI=1S/C12H11BrClN3O2/c1-3-19-12(18)10-15-11(17(2)16-10)8-6-7(14)4-5-9(8)13/h4-6H,3H2,1-2H3. The number of ether oxygens (including phenoxy) is 1. The summed E-state index contributed by atoms with van der Waals surface area (Å²) in [5, 5.41) is 4.63. The average Bonchev–Trinajstić information content (AvgIpc) is 2.75. The average molecular weight is 345 g/mol. The molecule has 2 aromatic rings. The monoisotopic (exact) mass is 343 g/mol. The summed E-state index contributed by atoms with van der Waals surface area (Å²) in [7, 11) is 1.71. The van der Waals surface area contributed by atoms with E-state index in [1.54, 1.807) is 26.1 Å². The molecule has 0 fully saturated rings. The number of aromatic nitrogens is 3. The maximum Gasteiger partial charge on any atom is 0.378 e. The van der Waals surface area contributed by atoms with E-state index in [0.29, 0.717) is 10.8 Å². The van der Waals surface area contributed by atoms with Crippen molar-refractivity contribution >= 4 is 33.5 Å². The number of carbonyl (C=O) groups excluding carboxylic acids is 1. The minimum atomic E-state index is -0.539. The second-order valence-corrected chi connectivity index (χ2v) is 5.02. The Balaban J connectivity index is 2.46. The molecule has 0 spiro atoms. The highest BCUT2D eigenvalue weighted by Gasteiger charge is 2.18. The Bertz CT molecular complexity index is 627. The molecule has 0 saturated heterocycles. The van der Waals surface area contributed by atoms with Crippen molar-refractivity contribution in [3.8, 4) is 11.4 Å². The molecule has 2 rings (SSSR count). The zero-order chi connectivity index (χ0) is 14.0. The molecule has 0 radical (unpaired) electrons. The molecule has 1 aromatic carbocycles. The summed E-state index contributed by atoms with van der Waals surface area (Å²) < 4.78 is 7.21. The highest BCUT2D eigenvalue weighted by Crippen LogP contribution is 2.29. The van der Waals surface area contributed by atoms with E-state index in [2.05, 4.69) is 26.0 Å². The first-order chi connectivity index (χ1) is 9.02. The summed E-state index contributed by atoms with van der Waals surface area (Å²) in [5.74, 6) is 0.0335. The molecule has 0 saturated carbocycles. The number of carbonyl (C=O) groups is 1. The van der Waals surface area contributed by atoms with Gasteiger partial charge in [-0.15, -0.1) is 5.10 Å². The van der Waals surface area contributed by atoms with Crippen molar-refractivity contribution < 1.29 is 9.53 Å². The Labute approximate surface area is 123 Å². The molecule has 19 heavy (non-hydrogen) atoms. The van der Waals surface area contributed by atoms with E-state index >= 15 is 0 Å². The molecule has 7 heteroatoms. The van der Waals surface area contributed by atoms with Crippen LogP contribution >= 0.6 is 27.5 Å². The first-order valence-electron chi connectivity index (χ1n) is 5.56. The topological polar surface area (TPSA) is 57.0 Å². The van der Waals surface area contributed by atoms with Gasteiger partial charge in [-0.25, -0.2) is 14.5 Å². The number of aryl methyl sites for hydroxylation is 1. The summed E-state index contributed by atoms with van der Waals surface area (Å²) in [6, 6.07) is 5.33. The van der Waals surface area contributed by atoms with E-state index in [-0.39, 0.29) is 12.4 Å². The molecule has 0 amide bonds. The van der Waals surface area contributed by atoms with Gasteiger partial charge in [-0.05, 0) is 25.1 Å². The van der Waals surface area contributed by atoms with Gasteiger partial charge in [0.05, 0.1) is 6.61 Å². The third-order valence-corrected chi connectivity index (χ3v) is 3.32. The van der Waals surface area contributed by atoms with E-state index in [1.807, 2.05) is 6.07 Å². The van der Waals surface area contributed by atoms with Gasteiger partial charge in [0.1, 0.15) is 0 Å². The van der Waals surface area contributed by atoms with Gasteiger partial charge in [0.25, 0.3) is 5.82 Å². The van der Waals surface area contributed by atoms with Crippen LogP contribution in [-0.4, -0.2) is 27.3 Å². The number of hydrogen-bond donors (Lipinski definition) is 0. The first kappa shape index (κ1) is 14.0. The molecular formula is C12H11BrClN3O2. The molecule has 100 valence electrons. The van der Waals surface area contributed by atoms with Crippen molar-refractivity contribution in [1.82, 2.24) is 14.8 Å². The van der Waals surface area contributed by atoms with E-state index in [0.717, 1.165) is 10.0 Å². The Morgan fingerprint density at radius 2 is 2.26 bits per heavy atom. The maximum absolute atomic E-state index is 11.6. The minimum absolute atomic E-state index is 0.0335. The fourth-order valence-corrected chi connectivity index (χ4v) is 2.17. The van der Waals surface area contributed by atoms with Crippen molar-refractivity contribution in [3.63, 3.8) is 0 Å². The smallest absolute Gasteiger partial charge is 0.378 e. The Kier molecular flexibility index (Phi) is 4.21. The molecule has 0 aliphatic heterocycles. The normalized spacial score (nSPS) is 10.5. The van der Waals surface area contributed by atoms with Gasteiger partial charge in [0.15, 0.2) is 5.82 Å². The van der Waals surface area contributed by atoms with Crippen LogP contribution in [0.1, 0.15) is 17.5 Å². The second-order valence-electron chi connectivity index (χ2n) is 3.73. The Hall–Kier alpha value is -1.40. The summed E-state index contributed by atoms with van der Waals surface area (Å²) in [5.41, 5.74) is 0.762. The van der Waals surface area contributed by atoms with Crippen molar-refractivity contribution in [3.05, 3.63) is 33.5 Å². The van der Waals surface area contributed by atoms with Gasteiger partial charge in [0, 0.05) is 22.1 Å². The largest absolute Gasteiger partial charge is 0.460 e. The van der Waals surface area contributed by atoms with Crippen molar-refractivity contribution in [2.75, 3.05) is 6.61 Å². The number of rotatable bonds is 3. The number of benzene rings is 1. The molecule has 0 unspecified atom stereocenters. The van der Waals surface area contributed by atoms with Crippen LogP contribution in [-0.2, 0) is 11.8 Å². The molecule has 1 heterocycles. The SMILES string of the molecule is CCOC(=O)c1nc(-c2cc(Cl)ccc2Br)n(C)n1.